The Kier molecular flexibility index (Phi) is 4.49. The molecule has 3 N–H and O–H groups in total. The third-order valence-corrected chi connectivity index (χ3v) is 3.72. The van der Waals surface area contributed by atoms with Crippen molar-refractivity contribution in [1.82, 2.24) is 0 Å². The number of thiocarbonyl (C=S) groups is 1. The molecule has 1 amide bonds. The van der Waals surface area contributed by atoms with Gasteiger partial charge in [0.1, 0.15) is 4.99 Å². The molecule has 3 nitrogen and oxygen atoms in total. The summed E-state index contributed by atoms with van der Waals surface area (Å²) in [7, 11) is 0. The van der Waals surface area contributed by atoms with E-state index in [1.807, 2.05) is 30.3 Å². The lowest BCUT2D eigenvalue weighted by Crippen LogP contribution is -2.18. The Bertz CT molecular complexity index is 643. The first-order valence-electron chi connectivity index (χ1n) is 5.54. The van der Waals surface area contributed by atoms with Crippen LogP contribution < -0.4 is 11.1 Å². The summed E-state index contributed by atoms with van der Waals surface area (Å²) in [4.78, 5) is 12.5. The molecule has 96 valence electrons. The monoisotopic (exact) mass is 382 g/mol. The van der Waals surface area contributed by atoms with E-state index in [1.165, 1.54) is 0 Å². The van der Waals surface area contributed by atoms with Crippen LogP contribution in [0.1, 0.15) is 15.9 Å². The predicted octanol–water partition coefficient (Wildman–Crippen LogP) is 3.18. The molecule has 0 aliphatic rings. The van der Waals surface area contributed by atoms with Gasteiger partial charge in [-0.05, 0) is 46.9 Å². The maximum absolute atomic E-state index is 12.2. The molecule has 0 bridgehead atoms. The molecular weight excluding hydrogens is 371 g/mol. The summed E-state index contributed by atoms with van der Waals surface area (Å²) in [6.07, 6.45) is 0. The molecule has 0 saturated heterocycles. The number of hydrogen-bond donors (Lipinski definition) is 2. The molecule has 2 aromatic rings. The van der Waals surface area contributed by atoms with Gasteiger partial charge in [-0.25, -0.2) is 0 Å². The van der Waals surface area contributed by atoms with E-state index in [-0.39, 0.29) is 10.9 Å². The van der Waals surface area contributed by atoms with Gasteiger partial charge in [0.15, 0.2) is 0 Å². The second-order valence-corrected chi connectivity index (χ2v) is 5.45. The standard InChI is InChI=1S/C14H11IN2OS/c15-11-7-3-1-5-9(11)14(18)17-12-8-4-2-6-10(12)13(16)19/h1-8H,(H2,16,19)(H,17,18). The third kappa shape index (κ3) is 3.30. The van der Waals surface area contributed by atoms with Gasteiger partial charge in [0, 0.05) is 9.13 Å². The number of carbonyl (C=O) groups is 1. The van der Waals surface area contributed by atoms with Crippen LogP contribution in [0.15, 0.2) is 48.5 Å². The van der Waals surface area contributed by atoms with Crippen LogP contribution in [0.4, 0.5) is 5.69 Å². The van der Waals surface area contributed by atoms with Crippen LogP contribution in [0.5, 0.6) is 0 Å². The SMILES string of the molecule is NC(=S)c1ccccc1NC(=O)c1ccccc1I. The molecule has 0 spiro atoms. The fraction of sp³-hybridized carbons (Fsp3) is 0. The fourth-order valence-electron chi connectivity index (χ4n) is 1.64. The quantitative estimate of drug-likeness (QED) is 0.634. The Labute approximate surface area is 130 Å². The Hall–Kier alpha value is -1.47. The smallest absolute Gasteiger partial charge is 0.256 e. The first-order valence-corrected chi connectivity index (χ1v) is 7.03. The zero-order chi connectivity index (χ0) is 13.8. The van der Waals surface area contributed by atoms with Crippen LogP contribution >= 0.6 is 34.8 Å². The Morgan fingerprint density at radius 2 is 1.63 bits per heavy atom. The highest BCUT2D eigenvalue weighted by Gasteiger charge is 2.12. The highest BCUT2D eigenvalue weighted by Crippen LogP contribution is 2.18. The highest BCUT2D eigenvalue weighted by molar-refractivity contribution is 14.1. The molecule has 2 rings (SSSR count). The molecule has 0 aromatic heterocycles. The Balaban J connectivity index is 2.30. The van der Waals surface area contributed by atoms with Crippen molar-refractivity contribution in [2.45, 2.75) is 0 Å². The van der Waals surface area contributed by atoms with Gasteiger partial charge in [0.05, 0.1) is 11.3 Å². The number of para-hydroxylation sites is 1. The third-order valence-electron chi connectivity index (χ3n) is 2.56. The Morgan fingerprint density at radius 3 is 2.26 bits per heavy atom. The topological polar surface area (TPSA) is 55.1 Å². The van der Waals surface area contributed by atoms with Crippen LogP contribution in [0, 0.1) is 3.57 Å². The lowest BCUT2D eigenvalue weighted by molar-refractivity contribution is 0.102. The van der Waals surface area contributed by atoms with Crippen molar-refractivity contribution in [3.63, 3.8) is 0 Å². The summed E-state index contributed by atoms with van der Waals surface area (Å²) in [5, 5.41) is 2.84. The first kappa shape index (κ1) is 14.0. The summed E-state index contributed by atoms with van der Waals surface area (Å²) >= 11 is 7.10. The van der Waals surface area contributed by atoms with Crippen LogP contribution in [-0.2, 0) is 0 Å². The van der Waals surface area contributed by atoms with Crippen molar-refractivity contribution in [1.29, 1.82) is 0 Å². The molecule has 19 heavy (non-hydrogen) atoms. The van der Waals surface area contributed by atoms with Crippen molar-refractivity contribution in [2.24, 2.45) is 5.73 Å². The van der Waals surface area contributed by atoms with Gasteiger partial charge in [-0.2, -0.15) is 0 Å². The van der Waals surface area contributed by atoms with Gasteiger partial charge in [0.25, 0.3) is 5.91 Å². The lowest BCUT2D eigenvalue weighted by atomic mass is 10.1. The van der Waals surface area contributed by atoms with Gasteiger partial charge in [0.2, 0.25) is 0 Å². The van der Waals surface area contributed by atoms with E-state index in [2.05, 4.69) is 27.9 Å². The number of carbonyl (C=O) groups excluding carboxylic acids is 1. The van der Waals surface area contributed by atoms with E-state index in [9.17, 15) is 4.79 Å². The van der Waals surface area contributed by atoms with Crippen molar-refractivity contribution in [3.05, 3.63) is 63.2 Å². The zero-order valence-electron chi connectivity index (χ0n) is 9.89. The van der Waals surface area contributed by atoms with Crippen molar-refractivity contribution < 1.29 is 4.79 Å². The largest absolute Gasteiger partial charge is 0.389 e. The van der Waals surface area contributed by atoms with E-state index in [0.717, 1.165) is 3.57 Å². The Morgan fingerprint density at radius 1 is 1.05 bits per heavy atom. The van der Waals surface area contributed by atoms with Crippen LogP contribution in [0.25, 0.3) is 0 Å². The summed E-state index contributed by atoms with van der Waals surface area (Å²) in [5.41, 5.74) is 7.55. The predicted molar refractivity (Wildman–Crippen MR) is 89.4 cm³/mol. The number of anilines is 1. The second-order valence-electron chi connectivity index (χ2n) is 3.84. The van der Waals surface area contributed by atoms with Gasteiger partial charge >= 0.3 is 0 Å². The molecule has 0 aliphatic carbocycles. The second kappa shape index (κ2) is 6.12. The normalized spacial score (nSPS) is 9.95. The summed E-state index contributed by atoms with van der Waals surface area (Å²) in [5.74, 6) is -0.172. The number of nitrogens with two attached hydrogens (primary N) is 1. The van der Waals surface area contributed by atoms with Crippen molar-refractivity contribution >= 4 is 51.4 Å². The van der Waals surface area contributed by atoms with E-state index >= 15 is 0 Å². The molecule has 0 aliphatic heterocycles. The summed E-state index contributed by atoms with van der Waals surface area (Å²) in [6, 6.07) is 14.6. The van der Waals surface area contributed by atoms with E-state index in [4.69, 9.17) is 18.0 Å². The molecule has 2 aromatic carbocycles. The van der Waals surface area contributed by atoms with Gasteiger partial charge in [-0.3, -0.25) is 4.79 Å². The van der Waals surface area contributed by atoms with Crippen LogP contribution in [-0.4, -0.2) is 10.9 Å². The van der Waals surface area contributed by atoms with Crippen LogP contribution in [0.2, 0.25) is 0 Å². The van der Waals surface area contributed by atoms with Gasteiger partial charge in [-0.15, -0.1) is 0 Å². The molecular formula is C14H11IN2OS. The number of hydrogen-bond acceptors (Lipinski definition) is 2. The zero-order valence-corrected chi connectivity index (χ0v) is 12.9. The van der Waals surface area contributed by atoms with E-state index in [0.29, 0.717) is 16.8 Å². The molecule has 0 unspecified atom stereocenters. The van der Waals surface area contributed by atoms with Gasteiger partial charge in [-0.1, -0.05) is 36.5 Å². The number of halogens is 1. The first-order chi connectivity index (χ1) is 9.09. The summed E-state index contributed by atoms with van der Waals surface area (Å²) in [6.45, 7) is 0. The highest BCUT2D eigenvalue weighted by atomic mass is 127. The van der Waals surface area contributed by atoms with Crippen molar-refractivity contribution in [3.8, 4) is 0 Å². The number of benzene rings is 2. The maximum atomic E-state index is 12.2. The van der Waals surface area contributed by atoms with Crippen molar-refractivity contribution in [2.75, 3.05) is 5.32 Å². The average molecular weight is 382 g/mol. The molecule has 5 heteroatoms. The number of nitrogens with one attached hydrogen (secondary N) is 1. The van der Waals surface area contributed by atoms with Gasteiger partial charge < -0.3 is 11.1 Å². The molecule has 0 saturated carbocycles. The minimum atomic E-state index is -0.172. The maximum Gasteiger partial charge on any atom is 0.256 e. The molecule has 0 fully saturated rings. The molecule has 0 heterocycles. The summed E-state index contributed by atoms with van der Waals surface area (Å²) < 4.78 is 0.894. The fourth-order valence-corrected chi connectivity index (χ4v) is 2.45. The molecule has 0 radical (unpaired) electrons. The molecule has 0 atom stereocenters. The number of rotatable bonds is 3. The minimum Gasteiger partial charge on any atom is -0.389 e. The minimum absolute atomic E-state index is 0.172. The van der Waals surface area contributed by atoms with E-state index < -0.39 is 0 Å². The lowest BCUT2D eigenvalue weighted by Gasteiger charge is -2.10. The van der Waals surface area contributed by atoms with Crippen LogP contribution in [0.3, 0.4) is 0 Å². The average Bonchev–Trinajstić information content (AvgIpc) is 2.39. The number of amides is 1. The van der Waals surface area contributed by atoms with E-state index in [1.54, 1.807) is 18.2 Å².